The second kappa shape index (κ2) is 4.67. The predicted octanol–water partition coefficient (Wildman–Crippen LogP) is 1.64. The van der Waals surface area contributed by atoms with Gasteiger partial charge < -0.3 is 11.1 Å². The maximum absolute atomic E-state index is 11.4. The van der Waals surface area contributed by atoms with E-state index in [4.69, 9.17) is 5.73 Å². The molecule has 3 N–H and O–H groups in total. The lowest BCUT2D eigenvalue weighted by Crippen LogP contribution is -2.23. The van der Waals surface area contributed by atoms with Crippen molar-refractivity contribution < 1.29 is 4.79 Å². The minimum absolute atomic E-state index is 0.102. The molecule has 0 aromatic carbocycles. The van der Waals surface area contributed by atoms with Gasteiger partial charge in [-0.25, -0.2) is 0 Å². The molecule has 1 heterocycles. The van der Waals surface area contributed by atoms with Crippen molar-refractivity contribution in [2.45, 2.75) is 6.42 Å². The van der Waals surface area contributed by atoms with Gasteiger partial charge in [-0.1, -0.05) is 6.08 Å². The van der Waals surface area contributed by atoms with Gasteiger partial charge in [0, 0.05) is 6.54 Å². The molecule has 4 heteroatoms. The zero-order valence-electron chi connectivity index (χ0n) is 7.25. The quantitative estimate of drug-likeness (QED) is 0.568. The van der Waals surface area contributed by atoms with Gasteiger partial charge in [-0.2, -0.15) is 0 Å². The Kier molecular flexibility index (Phi) is 3.52. The molecule has 0 radical (unpaired) electrons. The Balaban J connectivity index is 2.49. The fourth-order valence-corrected chi connectivity index (χ4v) is 1.61. The molecule has 0 unspecified atom stereocenters. The van der Waals surface area contributed by atoms with Crippen molar-refractivity contribution in [2.75, 3.05) is 12.3 Å². The standard InChI is InChI=1S/C9H12N2OS/c1-2-3-5-11-9(12)8-7(10)4-6-13-8/h2,4,6H,1,3,5,10H2,(H,11,12). The van der Waals surface area contributed by atoms with Crippen LogP contribution in [0.2, 0.25) is 0 Å². The summed E-state index contributed by atoms with van der Waals surface area (Å²) >= 11 is 1.35. The van der Waals surface area contributed by atoms with Gasteiger partial charge in [-0.3, -0.25) is 4.79 Å². The van der Waals surface area contributed by atoms with E-state index in [2.05, 4.69) is 11.9 Å². The van der Waals surface area contributed by atoms with Gasteiger partial charge in [0.15, 0.2) is 0 Å². The zero-order valence-corrected chi connectivity index (χ0v) is 8.06. The minimum Gasteiger partial charge on any atom is -0.397 e. The Morgan fingerprint density at radius 3 is 3.08 bits per heavy atom. The molecular weight excluding hydrogens is 184 g/mol. The normalized spacial score (nSPS) is 9.54. The summed E-state index contributed by atoms with van der Waals surface area (Å²) in [5.41, 5.74) is 6.12. The van der Waals surface area contributed by atoms with E-state index >= 15 is 0 Å². The summed E-state index contributed by atoms with van der Waals surface area (Å²) in [6.07, 6.45) is 2.54. The number of anilines is 1. The lowest BCUT2D eigenvalue weighted by molar-refractivity contribution is 0.0959. The highest BCUT2D eigenvalue weighted by Gasteiger charge is 2.09. The van der Waals surface area contributed by atoms with Crippen molar-refractivity contribution in [3.05, 3.63) is 29.0 Å². The van der Waals surface area contributed by atoms with E-state index in [1.165, 1.54) is 11.3 Å². The molecule has 0 bridgehead atoms. The van der Waals surface area contributed by atoms with Crippen LogP contribution in [0.25, 0.3) is 0 Å². The van der Waals surface area contributed by atoms with Crippen molar-refractivity contribution in [1.82, 2.24) is 5.32 Å². The lowest BCUT2D eigenvalue weighted by atomic mass is 10.3. The SMILES string of the molecule is C=CCCNC(=O)c1sccc1N. The number of thiophene rings is 1. The molecule has 3 nitrogen and oxygen atoms in total. The van der Waals surface area contributed by atoms with Gasteiger partial charge >= 0.3 is 0 Å². The Hall–Kier alpha value is -1.29. The predicted molar refractivity (Wildman–Crippen MR) is 55.9 cm³/mol. The summed E-state index contributed by atoms with van der Waals surface area (Å²) in [5.74, 6) is -0.102. The van der Waals surface area contributed by atoms with Gasteiger partial charge in [0.1, 0.15) is 4.88 Å². The maximum atomic E-state index is 11.4. The first kappa shape index (κ1) is 9.80. The number of amides is 1. The van der Waals surface area contributed by atoms with Gasteiger partial charge in [0.25, 0.3) is 5.91 Å². The van der Waals surface area contributed by atoms with Crippen LogP contribution in [-0.4, -0.2) is 12.5 Å². The molecule has 0 fully saturated rings. The first-order chi connectivity index (χ1) is 6.25. The van der Waals surface area contributed by atoms with Gasteiger partial charge in [0.05, 0.1) is 5.69 Å². The molecule has 1 amide bonds. The van der Waals surface area contributed by atoms with E-state index in [0.717, 1.165) is 6.42 Å². The Morgan fingerprint density at radius 1 is 1.77 bits per heavy atom. The Morgan fingerprint density at radius 2 is 2.54 bits per heavy atom. The molecule has 70 valence electrons. The van der Waals surface area contributed by atoms with E-state index in [1.807, 2.05) is 0 Å². The van der Waals surface area contributed by atoms with Crippen LogP contribution in [0.4, 0.5) is 5.69 Å². The van der Waals surface area contributed by atoms with Crippen molar-refractivity contribution >= 4 is 22.9 Å². The zero-order chi connectivity index (χ0) is 9.68. The van der Waals surface area contributed by atoms with Crippen LogP contribution in [0, 0.1) is 0 Å². The summed E-state index contributed by atoms with van der Waals surface area (Å²) < 4.78 is 0. The monoisotopic (exact) mass is 196 g/mol. The van der Waals surface area contributed by atoms with Crippen LogP contribution >= 0.6 is 11.3 Å². The first-order valence-corrected chi connectivity index (χ1v) is 4.85. The van der Waals surface area contributed by atoms with Crippen LogP contribution in [0.3, 0.4) is 0 Å². The fourth-order valence-electron chi connectivity index (χ4n) is 0.872. The van der Waals surface area contributed by atoms with Crippen molar-refractivity contribution in [1.29, 1.82) is 0 Å². The third-order valence-electron chi connectivity index (χ3n) is 1.54. The van der Waals surface area contributed by atoms with E-state index in [1.54, 1.807) is 17.5 Å². The average molecular weight is 196 g/mol. The molecule has 1 rings (SSSR count). The summed E-state index contributed by atoms with van der Waals surface area (Å²) in [4.78, 5) is 12.0. The molecule has 13 heavy (non-hydrogen) atoms. The summed E-state index contributed by atoms with van der Waals surface area (Å²) in [7, 11) is 0. The number of nitrogens with two attached hydrogens (primary N) is 1. The van der Waals surface area contributed by atoms with Crippen molar-refractivity contribution in [3.63, 3.8) is 0 Å². The van der Waals surface area contributed by atoms with E-state index in [0.29, 0.717) is 17.1 Å². The van der Waals surface area contributed by atoms with Gasteiger partial charge in [0.2, 0.25) is 0 Å². The largest absolute Gasteiger partial charge is 0.397 e. The van der Waals surface area contributed by atoms with Crippen LogP contribution in [0.15, 0.2) is 24.1 Å². The number of carbonyl (C=O) groups is 1. The number of hydrogen-bond donors (Lipinski definition) is 2. The molecule has 0 saturated carbocycles. The highest BCUT2D eigenvalue weighted by Crippen LogP contribution is 2.17. The second-order valence-electron chi connectivity index (χ2n) is 2.54. The summed E-state index contributed by atoms with van der Waals surface area (Å²) in [6.45, 7) is 4.18. The van der Waals surface area contributed by atoms with Gasteiger partial charge in [-0.15, -0.1) is 17.9 Å². The molecule has 0 aliphatic carbocycles. The second-order valence-corrected chi connectivity index (χ2v) is 3.45. The number of rotatable bonds is 4. The third kappa shape index (κ3) is 2.59. The Labute approximate surface area is 81.3 Å². The van der Waals surface area contributed by atoms with Crippen LogP contribution in [0.1, 0.15) is 16.1 Å². The molecule has 0 spiro atoms. The number of carbonyl (C=O) groups excluding carboxylic acids is 1. The highest BCUT2D eigenvalue weighted by atomic mass is 32.1. The molecule has 0 aliphatic heterocycles. The van der Waals surface area contributed by atoms with Crippen molar-refractivity contribution in [3.8, 4) is 0 Å². The smallest absolute Gasteiger partial charge is 0.263 e. The van der Waals surface area contributed by atoms with Crippen molar-refractivity contribution in [2.24, 2.45) is 0 Å². The Bertz CT molecular complexity index is 306. The molecule has 0 aliphatic rings. The molecule has 0 saturated heterocycles. The minimum atomic E-state index is -0.102. The molecular formula is C9H12N2OS. The number of nitrogen functional groups attached to an aromatic ring is 1. The third-order valence-corrected chi connectivity index (χ3v) is 2.46. The van der Waals surface area contributed by atoms with Crippen LogP contribution in [-0.2, 0) is 0 Å². The summed E-state index contributed by atoms with van der Waals surface area (Å²) in [5, 5.41) is 4.55. The highest BCUT2D eigenvalue weighted by molar-refractivity contribution is 7.12. The maximum Gasteiger partial charge on any atom is 0.263 e. The topological polar surface area (TPSA) is 55.1 Å². The van der Waals surface area contributed by atoms with E-state index < -0.39 is 0 Å². The van der Waals surface area contributed by atoms with Gasteiger partial charge in [-0.05, 0) is 17.9 Å². The first-order valence-electron chi connectivity index (χ1n) is 3.97. The van der Waals surface area contributed by atoms with E-state index in [-0.39, 0.29) is 5.91 Å². The number of nitrogens with one attached hydrogen (secondary N) is 1. The van der Waals surface area contributed by atoms with Crippen LogP contribution in [0.5, 0.6) is 0 Å². The average Bonchev–Trinajstić information content (AvgIpc) is 2.52. The molecule has 1 aromatic heterocycles. The fraction of sp³-hybridized carbons (Fsp3) is 0.222. The van der Waals surface area contributed by atoms with E-state index in [9.17, 15) is 4.79 Å². The lowest BCUT2D eigenvalue weighted by Gasteiger charge is -2.01. The van der Waals surface area contributed by atoms with Crippen LogP contribution < -0.4 is 11.1 Å². The number of hydrogen-bond acceptors (Lipinski definition) is 3. The summed E-state index contributed by atoms with van der Waals surface area (Å²) in [6, 6.07) is 1.73. The molecule has 0 atom stereocenters. The molecule has 1 aromatic rings.